The van der Waals surface area contributed by atoms with Crippen LogP contribution < -0.4 is 0 Å². The van der Waals surface area contributed by atoms with Crippen LogP contribution in [0.4, 0.5) is 0 Å². The molecule has 4 nitrogen and oxygen atoms in total. The number of carbonyl (C=O) groups is 1. The molecule has 0 aromatic rings. The van der Waals surface area contributed by atoms with Crippen LogP contribution in [-0.2, 0) is 14.8 Å². The molecular formula is C13H25NO3S2. The molecule has 1 saturated heterocycles. The summed E-state index contributed by atoms with van der Waals surface area (Å²) in [6.07, 6.45) is 3.60. The molecular weight excluding hydrogens is 282 g/mol. The quantitative estimate of drug-likeness (QED) is 0.722. The summed E-state index contributed by atoms with van der Waals surface area (Å²) < 4.78 is 24.5. The lowest BCUT2D eigenvalue weighted by Gasteiger charge is -2.30. The fourth-order valence-electron chi connectivity index (χ4n) is 2.28. The molecule has 0 aliphatic carbocycles. The molecule has 6 heteroatoms. The summed E-state index contributed by atoms with van der Waals surface area (Å²) in [4.78, 5) is 11.9. The van der Waals surface area contributed by atoms with Gasteiger partial charge in [-0.05, 0) is 30.4 Å². The van der Waals surface area contributed by atoms with Gasteiger partial charge in [-0.3, -0.25) is 4.79 Å². The Morgan fingerprint density at radius 1 is 1.42 bits per heavy atom. The Morgan fingerprint density at radius 2 is 2.11 bits per heavy atom. The zero-order chi connectivity index (χ0) is 14.5. The first kappa shape index (κ1) is 17.0. The van der Waals surface area contributed by atoms with E-state index in [1.165, 1.54) is 10.6 Å². The van der Waals surface area contributed by atoms with E-state index in [1.807, 2.05) is 0 Å². The van der Waals surface area contributed by atoms with E-state index in [0.717, 1.165) is 18.6 Å². The van der Waals surface area contributed by atoms with Crippen molar-refractivity contribution in [1.29, 1.82) is 0 Å². The lowest BCUT2D eigenvalue weighted by Crippen LogP contribution is -2.39. The fourth-order valence-corrected chi connectivity index (χ4v) is 4.16. The van der Waals surface area contributed by atoms with E-state index in [0.29, 0.717) is 31.2 Å². The number of sulfonamides is 1. The van der Waals surface area contributed by atoms with Crippen molar-refractivity contribution in [1.82, 2.24) is 4.31 Å². The Hall–Kier alpha value is -0.0700. The Bertz CT molecular complexity index is 393. The Labute approximate surface area is 121 Å². The SMILES string of the molecule is CC(C)CSCC(=O)CC1CCCN(S(C)(=O)=O)C1. The average Bonchev–Trinajstić information content (AvgIpc) is 2.27. The van der Waals surface area contributed by atoms with Gasteiger partial charge in [0.2, 0.25) is 10.0 Å². The molecule has 112 valence electrons. The first-order chi connectivity index (χ1) is 8.79. The summed E-state index contributed by atoms with van der Waals surface area (Å²) in [7, 11) is -3.11. The first-order valence-electron chi connectivity index (χ1n) is 6.83. The highest BCUT2D eigenvalue weighted by atomic mass is 32.2. The minimum Gasteiger partial charge on any atom is -0.299 e. The standard InChI is InChI=1S/C13H25NO3S2/c1-11(2)9-18-10-13(15)7-12-5-4-6-14(8-12)19(3,16)17/h11-12H,4-10H2,1-3H3. The summed E-state index contributed by atoms with van der Waals surface area (Å²) in [5, 5.41) is 0. The number of ketones is 1. The maximum Gasteiger partial charge on any atom is 0.211 e. The van der Waals surface area contributed by atoms with Gasteiger partial charge in [-0.15, -0.1) is 0 Å². The molecule has 1 heterocycles. The zero-order valence-corrected chi connectivity index (χ0v) is 13.7. The van der Waals surface area contributed by atoms with Crippen LogP contribution >= 0.6 is 11.8 Å². The van der Waals surface area contributed by atoms with Gasteiger partial charge >= 0.3 is 0 Å². The van der Waals surface area contributed by atoms with Crippen LogP contribution in [-0.4, -0.2) is 49.4 Å². The molecule has 1 aliphatic rings. The Balaban J connectivity index is 2.34. The Morgan fingerprint density at radius 3 is 2.68 bits per heavy atom. The lowest BCUT2D eigenvalue weighted by atomic mass is 9.94. The van der Waals surface area contributed by atoms with Gasteiger partial charge in [-0.25, -0.2) is 12.7 Å². The van der Waals surface area contributed by atoms with Crippen LogP contribution in [0.15, 0.2) is 0 Å². The topological polar surface area (TPSA) is 54.5 Å². The third-order valence-electron chi connectivity index (χ3n) is 3.18. The van der Waals surface area contributed by atoms with E-state index in [-0.39, 0.29) is 11.7 Å². The third kappa shape index (κ3) is 6.77. The molecule has 0 saturated carbocycles. The van der Waals surface area contributed by atoms with E-state index < -0.39 is 10.0 Å². The first-order valence-corrected chi connectivity index (χ1v) is 9.84. The minimum absolute atomic E-state index is 0.204. The highest BCUT2D eigenvalue weighted by molar-refractivity contribution is 7.99. The summed E-state index contributed by atoms with van der Waals surface area (Å²) in [5.41, 5.74) is 0. The average molecular weight is 307 g/mol. The fraction of sp³-hybridized carbons (Fsp3) is 0.923. The van der Waals surface area contributed by atoms with E-state index in [9.17, 15) is 13.2 Å². The van der Waals surface area contributed by atoms with Crippen molar-refractivity contribution in [3.05, 3.63) is 0 Å². The van der Waals surface area contributed by atoms with Crippen molar-refractivity contribution >= 4 is 27.6 Å². The molecule has 19 heavy (non-hydrogen) atoms. The molecule has 1 unspecified atom stereocenters. The van der Waals surface area contributed by atoms with Crippen molar-refractivity contribution in [2.45, 2.75) is 33.1 Å². The number of carbonyl (C=O) groups excluding carboxylic acids is 1. The largest absolute Gasteiger partial charge is 0.299 e. The molecule has 0 N–H and O–H groups in total. The number of piperidine rings is 1. The molecule has 0 spiro atoms. The van der Waals surface area contributed by atoms with Gasteiger partial charge in [-0.2, -0.15) is 11.8 Å². The molecule has 1 fully saturated rings. The monoisotopic (exact) mass is 307 g/mol. The smallest absolute Gasteiger partial charge is 0.211 e. The second-order valence-electron chi connectivity index (χ2n) is 5.78. The van der Waals surface area contributed by atoms with Gasteiger partial charge in [-0.1, -0.05) is 13.8 Å². The van der Waals surface area contributed by atoms with Crippen LogP contribution in [0.5, 0.6) is 0 Å². The van der Waals surface area contributed by atoms with E-state index in [2.05, 4.69) is 13.8 Å². The van der Waals surface area contributed by atoms with E-state index in [1.54, 1.807) is 11.8 Å². The Kier molecular flexibility index (Phi) is 6.83. The predicted molar refractivity (Wildman–Crippen MR) is 80.9 cm³/mol. The number of thioether (sulfide) groups is 1. The van der Waals surface area contributed by atoms with Gasteiger partial charge in [0.1, 0.15) is 5.78 Å². The summed E-state index contributed by atoms with van der Waals surface area (Å²) in [6, 6.07) is 0. The molecule has 1 atom stereocenters. The van der Waals surface area contributed by atoms with Crippen LogP contribution in [0.25, 0.3) is 0 Å². The maximum absolute atomic E-state index is 11.9. The van der Waals surface area contributed by atoms with Gasteiger partial charge in [0.25, 0.3) is 0 Å². The highest BCUT2D eigenvalue weighted by Crippen LogP contribution is 2.22. The molecule has 1 rings (SSSR count). The molecule has 0 bridgehead atoms. The predicted octanol–water partition coefficient (Wildman–Crippen LogP) is 2.01. The molecule has 0 radical (unpaired) electrons. The molecule has 0 amide bonds. The number of Topliss-reactive ketones (excluding diaryl/α,β-unsaturated/α-hetero) is 1. The normalized spacial score (nSPS) is 21.8. The van der Waals surface area contributed by atoms with Gasteiger partial charge in [0.15, 0.2) is 0 Å². The van der Waals surface area contributed by atoms with Crippen LogP contribution in [0.3, 0.4) is 0 Å². The summed E-state index contributed by atoms with van der Waals surface area (Å²) in [5.74, 6) is 2.63. The molecule has 1 aliphatic heterocycles. The van der Waals surface area contributed by atoms with Crippen molar-refractivity contribution < 1.29 is 13.2 Å². The van der Waals surface area contributed by atoms with E-state index >= 15 is 0 Å². The maximum atomic E-state index is 11.9. The van der Waals surface area contributed by atoms with Crippen molar-refractivity contribution in [3.8, 4) is 0 Å². The molecule has 0 aromatic carbocycles. The van der Waals surface area contributed by atoms with Gasteiger partial charge < -0.3 is 0 Å². The van der Waals surface area contributed by atoms with Crippen LogP contribution in [0.1, 0.15) is 33.1 Å². The lowest BCUT2D eigenvalue weighted by molar-refractivity contribution is -0.117. The second-order valence-corrected chi connectivity index (χ2v) is 8.79. The summed E-state index contributed by atoms with van der Waals surface area (Å²) >= 11 is 1.68. The number of hydrogen-bond donors (Lipinski definition) is 0. The molecule has 0 aromatic heterocycles. The van der Waals surface area contributed by atoms with Crippen molar-refractivity contribution in [2.24, 2.45) is 11.8 Å². The van der Waals surface area contributed by atoms with Crippen LogP contribution in [0, 0.1) is 11.8 Å². The van der Waals surface area contributed by atoms with E-state index in [4.69, 9.17) is 0 Å². The van der Waals surface area contributed by atoms with Crippen LogP contribution in [0.2, 0.25) is 0 Å². The number of nitrogens with zero attached hydrogens (tertiary/aromatic N) is 1. The highest BCUT2D eigenvalue weighted by Gasteiger charge is 2.27. The third-order valence-corrected chi connectivity index (χ3v) is 5.88. The second kappa shape index (κ2) is 7.64. The minimum atomic E-state index is -3.11. The number of rotatable bonds is 7. The van der Waals surface area contributed by atoms with Crippen molar-refractivity contribution in [2.75, 3.05) is 30.9 Å². The number of hydrogen-bond acceptors (Lipinski definition) is 4. The zero-order valence-electron chi connectivity index (χ0n) is 12.1. The van der Waals surface area contributed by atoms with Gasteiger partial charge in [0, 0.05) is 19.5 Å². The summed E-state index contributed by atoms with van der Waals surface area (Å²) in [6.45, 7) is 5.40. The van der Waals surface area contributed by atoms with Gasteiger partial charge in [0.05, 0.1) is 12.0 Å². The van der Waals surface area contributed by atoms with Crippen molar-refractivity contribution in [3.63, 3.8) is 0 Å².